The first-order chi connectivity index (χ1) is 11.2. The fraction of sp³-hybridized carbons (Fsp3) is 0.125. The molecule has 7 nitrogen and oxygen atoms in total. The van der Waals surface area contributed by atoms with Gasteiger partial charge in [0.2, 0.25) is 0 Å². The van der Waals surface area contributed by atoms with Crippen LogP contribution in [0.25, 0.3) is 17.2 Å². The van der Waals surface area contributed by atoms with Gasteiger partial charge in [0, 0.05) is 24.9 Å². The summed E-state index contributed by atoms with van der Waals surface area (Å²) in [7, 11) is 1.58. The second-order valence-corrected chi connectivity index (χ2v) is 4.79. The lowest BCUT2D eigenvalue weighted by molar-refractivity contribution is 0.0690. The Hall–Kier alpha value is -3.06. The molecule has 2 heterocycles. The largest absolute Gasteiger partial charge is 0.476 e. The van der Waals surface area contributed by atoms with E-state index in [9.17, 15) is 4.79 Å². The normalized spacial score (nSPS) is 10.7. The maximum Gasteiger partial charge on any atom is 0.356 e. The van der Waals surface area contributed by atoms with Crippen LogP contribution < -0.4 is 0 Å². The van der Waals surface area contributed by atoms with E-state index in [1.165, 1.54) is 10.7 Å². The van der Waals surface area contributed by atoms with Gasteiger partial charge < -0.3 is 9.84 Å². The highest BCUT2D eigenvalue weighted by Crippen LogP contribution is 2.17. The van der Waals surface area contributed by atoms with E-state index in [1.54, 1.807) is 19.4 Å². The van der Waals surface area contributed by atoms with Crippen molar-refractivity contribution in [1.29, 1.82) is 0 Å². The maximum atomic E-state index is 11.0. The van der Waals surface area contributed by atoms with Crippen LogP contribution in [0.15, 0.2) is 48.7 Å². The van der Waals surface area contributed by atoms with Gasteiger partial charge in [0.1, 0.15) is 0 Å². The molecule has 3 rings (SSSR count). The first-order valence-corrected chi connectivity index (χ1v) is 6.89. The number of aromatic carboxylic acids is 1. The summed E-state index contributed by atoms with van der Waals surface area (Å²) in [6.07, 6.45) is 1.55. The number of ether oxygens (including phenoxy) is 1. The van der Waals surface area contributed by atoms with Crippen LogP contribution in [0.5, 0.6) is 0 Å². The fourth-order valence-electron chi connectivity index (χ4n) is 2.10. The van der Waals surface area contributed by atoms with Gasteiger partial charge in [-0.2, -0.15) is 5.10 Å². The number of nitrogens with zero attached hydrogens (tertiary/aromatic N) is 4. The number of aromatic nitrogens is 4. The SMILES string of the molecule is COCc1cc(-n2ccc(C(=O)O)n2)nc(-c2ccccc2)n1. The number of carboxylic acids is 1. The first kappa shape index (κ1) is 14.9. The van der Waals surface area contributed by atoms with Crippen molar-refractivity contribution in [3.8, 4) is 17.2 Å². The third kappa shape index (κ3) is 3.24. The molecule has 0 aliphatic carbocycles. The Labute approximate surface area is 132 Å². The molecule has 0 unspecified atom stereocenters. The number of carboxylic acid groups (broad SMARTS) is 1. The molecule has 7 heteroatoms. The highest BCUT2D eigenvalue weighted by atomic mass is 16.5. The monoisotopic (exact) mass is 310 g/mol. The van der Waals surface area contributed by atoms with Gasteiger partial charge in [-0.15, -0.1) is 0 Å². The Morgan fingerprint density at radius 1 is 1.22 bits per heavy atom. The van der Waals surface area contributed by atoms with E-state index in [0.29, 0.717) is 23.9 Å². The predicted molar refractivity (Wildman–Crippen MR) is 82.3 cm³/mol. The summed E-state index contributed by atoms with van der Waals surface area (Å²) in [5.74, 6) is -0.0702. The summed E-state index contributed by atoms with van der Waals surface area (Å²) in [6.45, 7) is 0.322. The molecular formula is C16H14N4O3. The van der Waals surface area contributed by atoms with Crippen LogP contribution in [-0.4, -0.2) is 37.9 Å². The van der Waals surface area contributed by atoms with E-state index in [2.05, 4.69) is 15.1 Å². The molecule has 0 atom stereocenters. The molecule has 1 aromatic carbocycles. The number of methoxy groups -OCH3 is 1. The van der Waals surface area contributed by atoms with Gasteiger partial charge in [-0.1, -0.05) is 30.3 Å². The molecular weight excluding hydrogens is 296 g/mol. The zero-order valence-corrected chi connectivity index (χ0v) is 12.4. The Morgan fingerprint density at radius 3 is 2.65 bits per heavy atom. The fourth-order valence-corrected chi connectivity index (χ4v) is 2.10. The molecule has 0 aliphatic rings. The quantitative estimate of drug-likeness (QED) is 0.776. The van der Waals surface area contributed by atoms with Crippen molar-refractivity contribution in [2.75, 3.05) is 7.11 Å². The van der Waals surface area contributed by atoms with E-state index in [0.717, 1.165) is 5.56 Å². The van der Waals surface area contributed by atoms with Gasteiger partial charge in [0.05, 0.1) is 12.3 Å². The van der Waals surface area contributed by atoms with Crippen molar-refractivity contribution >= 4 is 5.97 Å². The minimum atomic E-state index is -1.08. The second-order valence-electron chi connectivity index (χ2n) is 4.79. The third-order valence-electron chi connectivity index (χ3n) is 3.13. The van der Waals surface area contributed by atoms with E-state index in [4.69, 9.17) is 9.84 Å². The lowest BCUT2D eigenvalue weighted by Crippen LogP contribution is -2.06. The van der Waals surface area contributed by atoms with Crippen molar-refractivity contribution < 1.29 is 14.6 Å². The smallest absolute Gasteiger partial charge is 0.356 e. The van der Waals surface area contributed by atoms with Gasteiger partial charge in [-0.25, -0.2) is 19.4 Å². The third-order valence-corrected chi connectivity index (χ3v) is 3.13. The maximum absolute atomic E-state index is 11.0. The van der Waals surface area contributed by atoms with Crippen molar-refractivity contribution in [2.24, 2.45) is 0 Å². The van der Waals surface area contributed by atoms with Crippen molar-refractivity contribution in [1.82, 2.24) is 19.7 Å². The Balaban J connectivity index is 2.08. The zero-order valence-electron chi connectivity index (χ0n) is 12.4. The molecule has 0 aliphatic heterocycles. The number of hydrogen-bond donors (Lipinski definition) is 1. The van der Waals surface area contributed by atoms with Crippen LogP contribution in [-0.2, 0) is 11.3 Å². The van der Waals surface area contributed by atoms with Gasteiger partial charge in [-0.3, -0.25) is 0 Å². The summed E-state index contributed by atoms with van der Waals surface area (Å²) in [5, 5.41) is 13.0. The van der Waals surface area contributed by atoms with E-state index in [1.807, 2.05) is 30.3 Å². The van der Waals surface area contributed by atoms with Crippen LogP contribution in [0.2, 0.25) is 0 Å². The minimum absolute atomic E-state index is 0.0434. The van der Waals surface area contributed by atoms with E-state index >= 15 is 0 Å². The van der Waals surface area contributed by atoms with E-state index in [-0.39, 0.29) is 5.69 Å². The molecule has 23 heavy (non-hydrogen) atoms. The second kappa shape index (κ2) is 6.37. The molecule has 3 aromatic rings. The minimum Gasteiger partial charge on any atom is -0.476 e. The molecule has 0 fully saturated rings. The zero-order chi connectivity index (χ0) is 16.2. The number of carbonyl (C=O) groups is 1. The molecule has 0 saturated heterocycles. The topological polar surface area (TPSA) is 90.1 Å². The average Bonchev–Trinajstić information content (AvgIpc) is 3.06. The van der Waals surface area contributed by atoms with Crippen LogP contribution in [0.1, 0.15) is 16.2 Å². The number of rotatable bonds is 5. The van der Waals surface area contributed by atoms with Crippen molar-refractivity contribution in [3.63, 3.8) is 0 Å². The van der Waals surface area contributed by atoms with Crippen LogP contribution in [0.3, 0.4) is 0 Å². The molecule has 0 saturated carbocycles. The van der Waals surface area contributed by atoms with Gasteiger partial charge in [0.25, 0.3) is 0 Å². The molecule has 0 spiro atoms. The average molecular weight is 310 g/mol. The van der Waals surface area contributed by atoms with Crippen LogP contribution in [0, 0.1) is 0 Å². The van der Waals surface area contributed by atoms with Gasteiger partial charge in [0.15, 0.2) is 17.3 Å². The number of hydrogen-bond acceptors (Lipinski definition) is 5. The Kier molecular flexibility index (Phi) is 4.11. The number of benzene rings is 1. The summed E-state index contributed by atoms with van der Waals surface area (Å²) >= 11 is 0. The summed E-state index contributed by atoms with van der Waals surface area (Å²) in [4.78, 5) is 19.9. The Morgan fingerprint density at radius 2 is 2.00 bits per heavy atom. The lowest BCUT2D eigenvalue weighted by Gasteiger charge is -2.08. The Bertz CT molecular complexity index is 830. The lowest BCUT2D eigenvalue weighted by atomic mass is 10.2. The summed E-state index contributed by atoms with van der Waals surface area (Å²) < 4.78 is 6.55. The van der Waals surface area contributed by atoms with Gasteiger partial charge in [-0.05, 0) is 6.07 Å². The standard InChI is InChI=1S/C16H14N4O3/c1-23-10-12-9-14(20-8-7-13(19-20)16(21)22)18-15(17-12)11-5-3-2-4-6-11/h2-9H,10H2,1H3,(H,21,22). The summed E-state index contributed by atoms with van der Waals surface area (Å²) in [5.41, 5.74) is 1.50. The molecule has 0 bridgehead atoms. The molecule has 0 amide bonds. The highest BCUT2D eigenvalue weighted by Gasteiger charge is 2.12. The molecule has 116 valence electrons. The van der Waals surface area contributed by atoms with E-state index < -0.39 is 5.97 Å². The summed E-state index contributed by atoms with van der Waals surface area (Å²) in [6, 6.07) is 12.7. The van der Waals surface area contributed by atoms with Gasteiger partial charge >= 0.3 is 5.97 Å². The highest BCUT2D eigenvalue weighted by molar-refractivity contribution is 5.85. The van der Waals surface area contributed by atoms with Crippen molar-refractivity contribution in [3.05, 3.63) is 60.0 Å². The van der Waals surface area contributed by atoms with Crippen LogP contribution >= 0.6 is 0 Å². The molecule has 1 N–H and O–H groups in total. The molecule has 0 radical (unpaired) electrons. The van der Waals surface area contributed by atoms with Crippen molar-refractivity contribution in [2.45, 2.75) is 6.61 Å². The predicted octanol–water partition coefficient (Wildman–Crippen LogP) is 2.17. The van der Waals surface area contributed by atoms with Crippen LogP contribution in [0.4, 0.5) is 0 Å². The molecule has 2 aromatic heterocycles. The first-order valence-electron chi connectivity index (χ1n) is 6.89.